The van der Waals surface area contributed by atoms with Crippen molar-refractivity contribution < 1.29 is 19.3 Å². The molecule has 0 aromatic heterocycles. The average Bonchev–Trinajstić information content (AvgIpc) is 2.88. The lowest BCUT2D eigenvalue weighted by atomic mass is 10.1. The third-order valence-electron chi connectivity index (χ3n) is 3.93. The number of rotatable bonds is 6. The molecule has 0 aliphatic carbocycles. The van der Waals surface area contributed by atoms with Crippen molar-refractivity contribution in [1.29, 1.82) is 0 Å². The quantitative estimate of drug-likeness (QED) is 0.605. The number of ether oxygens (including phenoxy) is 3. The lowest BCUT2D eigenvalue weighted by Crippen LogP contribution is -2.29. The summed E-state index contributed by atoms with van der Waals surface area (Å²) in [4.78, 5) is 0. The van der Waals surface area contributed by atoms with Gasteiger partial charge in [-0.1, -0.05) is 44.9 Å². The minimum Gasteiger partial charge on any atom is -0.366 e. The van der Waals surface area contributed by atoms with Crippen LogP contribution in [0.5, 0.6) is 0 Å². The molecule has 2 rings (SSSR count). The smallest absolute Gasteiger partial charge is 0.185 e. The molecule has 0 saturated carbocycles. The molecule has 0 aromatic rings. The van der Waals surface area contributed by atoms with Crippen LogP contribution < -0.4 is 0 Å². The predicted molar refractivity (Wildman–Crippen MR) is 80.5 cm³/mol. The fourth-order valence-corrected chi connectivity index (χ4v) is 2.86. The van der Waals surface area contributed by atoms with Gasteiger partial charge in [-0.2, -0.15) is 0 Å². The van der Waals surface area contributed by atoms with E-state index < -0.39 is 18.2 Å². The van der Waals surface area contributed by atoms with E-state index in [2.05, 4.69) is 18.8 Å². The second-order valence-corrected chi connectivity index (χ2v) is 6.35. The van der Waals surface area contributed by atoms with Gasteiger partial charge >= 0.3 is 0 Å². The van der Waals surface area contributed by atoms with Crippen molar-refractivity contribution in [2.75, 3.05) is 0 Å². The molecule has 4 nitrogen and oxygen atoms in total. The van der Waals surface area contributed by atoms with E-state index in [9.17, 15) is 5.11 Å². The van der Waals surface area contributed by atoms with Gasteiger partial charge in [0.2, 0.25) is 0 Å². The molecule has 1 unspecified atom stereocenters. The zero-order valence-corrected chi connectivity index (χ0v) is 13.4. The number of aliphatic hydroxyl groups excluding tert-OH is 1. The lowest BCUT2D eigenvalue weighted by molar-refractivity contribution is -0.213. The summed E-state index contributed by atoms with van der Waals surface area (Å²) >= 11 is 0. The highest BCUT2D eigenvalue weighted by molar-refractivity contribution is 5.13. The Morgan fingerprint density at radius 3 is 2.43 bits per heavy atom. The average molecular weight is 296 g/mol. The molecule has 0 amide bonds. The summed E-state index contributed by atoms with van der Waals surface area (Å²) in [6.45, 7) is 5.92. The highest BCUT2D eigenvalue weighted by atomic mass is 16.8. The summed E-state index contributed by atoms with van der Waals surface area (Å²) in [5, 5.41) is 9.83. The van der Waals surface area contributed by atoms with Crippen LogP contribution in [0.3, 0.4) is 0 Å². The fourth-order valence-electron chi connectivity index (χ4n) is 2.86. The molecule has 4 atom stereocenters. The maximum Gasteiger partial charge on any atom is 0.185 e. The van der Waals surface area contributed by atoms with Gasteiger partial charge in [-0.05, 0) is 20.3 Å². The van der Waals surface area contributed by atoms with Crippen molar-refractivity contribution in [3.05, 3.63) is 0 Å². The fraction of sp³-hybridized carbons (Fsp3) is 0.882. The highest BCUT2D eigenvalue weighted by Crippen LogP contribution is 2.37. The number of fused-ring (bicyclic) bond motifs is 1. The summed E-state index contributed by atoms with van der Waals surface area (Å²) in [5.74, 6) is 5.58. The molecule has 2 saturated heterocycles. The molecule has 0 aromatic carbocycles. The van der Waals surface area contributed by atoms with Crippen molar-refractivity contribution in [2.24, 2.45) is 0 Å². The van der Waals surface area contributed by atoms with Gasteiger partial charge in [0, 0.05) is 6.42 Å². The van der Waals surface area contributed by atoms with Crippen LogP contribution in [0, 0.1) is 11.8 Å². The van der Waals surface area contributed by atoms with Crippen LogP contribution in [-0.4, -0.2) is 35.5 Å². The first kappa shape index (κ1) is 16.8. The number of hydrogen-bond donors (Lipinski definition) is 1. The number of aliphatic hydroxyl groups is 1. The van der Waals surface area contributed by atoms with Crippen molar-refractivity contribution in [3.8, 4) is 11.8 Å². The van der Waals surface area contributed by atoms with Crippen LogP contribution >= 0.6 is 0 Å². The Hall–Kier alpha value is -0.600. The van der Waals surface area contributed by atoms with E-state index in [1.165, 1.54) is 32.1 Å². The molecule has 2 fully saturated rings. The van der Waals surface area contributed by atoms with Gasteiger partial charge in [-0.15, -0.1) is 5.92 Å². The summed E-state index contributed by atoms with van der Waals surface area (Å²) in [6.07, 6.45) is 6.44. The third-order valence-corrected chi connectivity index (χ3v) is 3.93. The lowest BCUT2D eigenvalue weighted by Gasteiger charge is -2.20. The molecule has 0 radical (unpaired) electrons. The first-order valence-corrected chi connectivity index (χ1v) is 8.21. The van der Waals surface area contributed by atoms with E-state index in [0.29, 0.717) is 0 Å². The van der Waals surface area contributed by atoms with Gasteiger partial charge < -0.3 is 19.3 Å². The van der Waals surface area contributed by atoms with Gasteiger partial charge in [-0.3, -0.25) is 0 Å². The Bertz CT molecular complexity index is 382. The topological polar surface area (TPSA) is 47.9 Å². The normalized spacial score (nSPS) is 33.5. The zero-order valence-electron chi connectivity index (χ0n) is 13.4. The van der Waals surface area contributed by atoms with Crippen LogP contribution in [0.4, 0.5) is 0 Å². The van der Waals surface area contributed by atoms with E-state index in [1.807, 2.05) is 13.8 Å². The van der Waals surface area contributed by atoms with E-state index in [4.69, 9.17) is 14.2 Å². The van der Waals surface area contributed by atoms with Gasteiger partial charge in [0.25, 0.3) is 0 Å². The molecule has 4 heteroatoms. The summed E-state index contributed by atoms with van der Waals surface area (Å²) in [5.41, 5.74) is 0. The molecule has 0 spiro atoms. The van der Waals surface area contributed by atoms with Crippen molar-refractivity contribution in [3.63, 3.8) is 0 Å². The molecule has 120 valence electrons. The van der Waals surface area contributed by atoms with Crippen molar-refractivity contribution in [1.82, 2.24) is 0 Å². The maximum absolute atomic E-state index is 9.83. The van der Waals surface area contributed by atoms with Gasteiger partial charge in [0.1, 0.15) is 18.3 Å². The van der Waals surface area contributed by atoms with Gasteiger partial charge in [0.05, 0.1) is 0 Å². The maximum atomic E-state index is 9.83. The predicted octanol–water partition coefficient (Wildman–Crippen LogP) is 2.98. The SMILES string of the molecule is CCCCCCCCC#C[C@@H]1OC(O)[C@H]2OC(C)(C)O[C@@H]12. The largest absolute Gasteiger partial charge is 0.366 e. The minimum absolute atomic E-state index is 0.285. The first-order valence-electron chi connectivity index (χ1n) is 8.21. The molecule has 1 N–H and O–H groups in total. The molecular formula is C17H28O4. The van der Waals surface area contributed by atoms with E-state index in [1.54, 1.807) is 0 Å². The second-order valence-electron chi connectivity index (χ2n) is 6.35. The van der Waals surface area contributed by atoms with E-state index in [0.717, 1.165) is 12.8 Å². The Morgan fingerprint density at radius 2 is 1.67 bits per heavy atom. The summed E-state index contributed by atoms with van der Waals surface area (Å²) in [6, 6.07) is 0. The standard InChI is InChI=1S/C17H28O4/c1-4-5-6-7-8-9-10-11-12-13-14-15(16(18)19-13)21-17(2,3)20-14/h13-16,18H,4-10H2,1-3H3/t13-,14-,15-,16?/m0/s1. The second kappa shape index (κ2) is 7.60. The van der Waals surface area contributed by atoms with Gasteiger partial charge in [0.15, 0.2) is 12.1 Å². The molecular weight excluding hydrogens is 268 g/mol. The minimum atomic E-state index is -0.940. The Kier molecular flexibility index (Phi) is 6.07. The van der Waals surface area contributed by atoms with Crippen LogP contribution in [0.15, 0.2) is 0 Å². The summed E-state index contributed by atoms with van der Waals surface area (Å²) < 4.78 is 16.8. The van der Waals surface area contributed by atoms with Gasteiger partial charge in [-0.25, -0.2) is 0 Å². The Balaban J connectivity index is 1.70. The highest BCUT2D eigenvalue weighted by Gasteiger charge is 2.54. The number of hydrogen-bond acceptors (Lipinski definition) is 4. The van der Waals surface area contributed by atoms with Crippen LogP contribution in [0.25, 0.3) is 0 Å². The molecule has 21 heavy (non-hydrogen) atoms. The Morgan fingerprint density at radius 1 is 1.00 bits per heavy atom. The van der Waals surface area contributed by atoms with Crippen molar-refractivity contribution >= 4 is 0 Å². The zero-order chi connectivity index (χ0) is 15.3. The van der Waals surface area contributed by atoms with E-state index >= 15 is 0 Å². The van der Waals surface area contributed by atoms with Crippen LogP contribution in [0.1, 0.15) is 65.7 Å². The Labute approximate surface area is 128 Å². The van der Waals surface area contributed by atoms with Crippen LogP contribution in [0.2, 0.25) is 0 Å². The first-order chi connectivity index (χ1) is 10.0. The number of unbranched alkanes of at least 4 members (excludes halogenated alkanes) is 6. The summed E-state index contributed by atoms with van der Waals surface area (Å²) in [7, 11) is 0. The van der Waals surface area contributed by atoms with Crippen molar-refractivity contribution in [2.45, 2.75) is 96.1 Å². The van der Waals surface area contributed by atoms with Crippen LogP contribution in [-0.2, 0) is 14.2 Å². The van der Waals surface area contributed by atoms with E-state index in [-0.39, 0.29) is 12.2 Å². The monoisotopic (exact) mass is 296 g/mol. The molecule has 0 bridgehead atoms. The third kappa shape index (κ3) is 4.69. The molecule has 2 heterocycles. The molecule has 2 aliphatic rings. The molecule has 2 aliphatic heterocycles.